The lowest BCUT2D eigenvalue weighted by Crippen LogP contribution is -2.43. The van der Waals surface area contributed by atoms with Crippen LogP contribution >= 0.6 is 0 Å². The van der Waals surface area contributed by atoms with E-state index in [1.54, 1.807) is 7.11 Å². The van der Waals surface area contributed by atoms with E-state index >= 15 is 0 Å². The maximum Gasteiger partial charge on any atom is 0.0673 e. The molecule has 0 fully saturated rings. The van der Waals surface area contributed by atoms with E-state index in [9.17, 15) is 0 Å². The Balaban J connectivity index is 2.31. The van der Waals surface area contributed by atoms with Gasteiger partial charge in [0.2, 0.25) is 0 Å². The van der Waals surface area contributed by atoms with Crippen LogP contribution in [0, 0.1) is 5.92 Å². The van der Waals surface area contributed by atoms with Crippen molar-refractivity contribution >= 4 is 0 Å². The van der Waals surface area contributed by atoms with Gasteiger partial charge in [-0.3, -0.25) is 4.90 Å². The van der Waals surface area contributed by atoms with Crippen LogP contribution in [-0.4, -0.2) is 44.3 Å². The molecule has 0 aliphatic carbocycles. The summed E-state index contributed by atoms with van der Waals surface area (Å²) in [5.41, 5.74) is 7.59. The first kappa shape index (κ1) is 13.7. The Kier molecular flexibility index (Phi) is 6.03. The van der Waals surface area contributed by atoms with Gasteiger partial charge in [0.05, 0.1) is 6.61 Å². The summed E-state index contributed by atoms with van der Waals surface area (Å²) in [4.78, 5) is 2.44. The van der Waals surface area contributed by atoms with Crippen molar-refractivity contribution in [2.75, 3.05) is 33.4 Å². The molecule has 0 aromatic carbocycles. The average molecular weight is 226 g/mol. The van der Waals surface area contributed by atoms with Crippen LogP contribution in [0.1, 0.15) is 26.7 Å². The zero-order valence-electron chi connectivity index (χ0n) is 10.9. The molecule has 0 spiro atoms. The second-order valence-electron chi connectivity index (χ2n) is 4.85. The minimum atomic E-state index is 0.308. The summed E-state index contributed by atoms with van der Waals surface area (Å²) < 4.78 is 5.14. The fourth-order valence-electron chi connectivity index (χ4n) is 2.02. The molecule has 94 valence electrons. The first-order chi connectivity index (χ1) is 7.67. The maximum atomic E-state index is 6.16. The number of hydrogen-bond donors (Lipinski definition) is 1. The number of hydrogen-bond acceptors (Lipinski definition) is 3. The fourth-order valence-corrected chi connectivity index (χ4v) is 2.02. The molecule has 3 heteroatoms. The molecule has 0 aromatic rings. The molecule has 0 radical (unpaired) electrons. The van der Waals surface area contributed by atoms with Crippen LogP contribution in [-0.2, 0) is 4.74 Å². The van der Waals surface area contributed by atoms with E-state index in [1.807, 2.05) is 0 Å². The summed E-state index contributed by atoms with van der Waals surface area (Å²) in [6.07, 6.45) is 4.58. The van der Waals surface area contributed by atoms with Gasteiger partial charge in [-0.05, 0) is 17.9 Å². The summed E-state index contributed by atoms with van der Waals surface area (Å²) in [6, 6.07) is 0.308. The summed E-state index contributed by atoms with van der Waals surface area (Å²) >= 11 is 0. The highest BCUT2D eigenvalue weighted by Gasteiger charge is 2.17. The molecule has 0 amide bonds. The van der Waals surface area contributed by atoms with Crippen molar-refractivity contribution in [3.63, 3.8) is 0 Å². The second-order valence-corrected chi connectivity index (χ2v) is 4.85. The maximum absolute atomic E-state index is 6.16. The minimum Gasteiger partial charge on any atom is -0.380 e. The molecule has 0 bridgehead atoms. The van der Waals surface area contributed by atoms with E-state index in [4.69, 9.17) is 10.5 Å². The van der Waals surface area contributed by atoms with Crippen LogP contribution < -0.4 is 5.73 Å². The van der Waals surface area contributed by atoms with E-state index in [0.717, 1.165) is 32.7 Å². The van der Waals surface area contributed by atoms with Gasteiger partial charge in [0.25, 0.3) is 0 Å². The van der Waals surface area contributed by atoms with E-state index in [1.165, 1.54) is 12.0 Å². The van der Waals surface area contributed by atoms with Crippen LogP contribution in [0.5, 0.6) is 0 Å². The van der Waals surface area contributed by atoms with E-state index in [2.05, 4.69) is 24.8 Å². The van der Waals surface area contributed by atoms with Crippen LogP contribution in [0.25, 0.3) is 0 Å². The highest BCUT2D eigenvalue weighted by atomic mass is 16.5. The molecule has 1 aliphatic heterocycles. The zero-order valence-corrected chi connectivity index (χ0v) is 10.9. The first-order valence-electron chi connectivity index (χ1n) is 6.32. The smallest absolute Gasteiger partial charge is 0.0673 e. The van der Waals surface area contributed by atoms with Gasteiger partial charge >= 0.3 is 0 Å². The standard InChI is InChI=1S/C13H26N2O/c1-4-11(2)13(14)9-15-7-5-12(6-8-15)10-16-3/h5,11,13H,4,6-10,14H2,1-3H3. The van der Waals surface area contributed by atoms with Gasteiger partial charge < -0.3 is 10.5 Å². The Bertz CT molecular complexity index is 228. The number of methoxy groups -OCH3 is 1. The van der Waals surface area contributed by atoms with Gasteiger partial charge in [-0.2, -0.15) is 0 Å². The first-order valence-corrected chi connectivity index (χ1v) is 6.32. The van der Waals surface area contributed by atoms with Crippen molar-refractivity contribution in [1.29, 1.82) is 0 Å². The quantitative estimate of drug-likeness (QED) is 0.700. The minimum absolute atomic E-state index is 0.308. The monoisotopic (exact) mass is 226 g/mol. The van der Waals surface area contributed by atoms with Crippen LogP contribution in [0.3, 0.4) is 0 Å². The topological polar surface area (TPSA) is 38.5 Å². The molecule has 1 heterocycles. The zero-order chi connectivity index (χ0) is 12.0. The molecule has 1 rings (SSSR count). The van der Waals surface area contributed by atoms with Crippen molar-refractivity contribution in [1.82, 2.24) is 4.90 Å². The van der Waals surface area contributed by atoms with Gasteiger partial charge in [0.1, 0.15) is 0 Å². The summed E-state index contributed by atoms with van der Waals surface area (Å²) in [5.74, 6) is 0.615. The average Bonchev–Trinajstić information content (AvgIpc) is 2.31. The number of ether oxygens (including phenoxy) is 1. The molecule has 3 nitrogen and oxygen atoms in total. The lowest BCUT2D eigenvalue weighted by Gasteiger charge is -2.30. The Labute approximate surface area is 99.6 Å². The fraction of sp³-hybridized carbons (Fsp3) is 0.846. The molecule has 0 saturated carbocycles. The molecule has 0 saturated heterocycles. The number of nitrogens with two attached hydrogens (primary N) is 1. The summed E-state index contributed by atoms with van der Waals surface area (Å²) in [7, 11) is 1.76. The van der Waals surface area contributed by atoms with Crippen molar-refractivity contribution in [3.8, 4) is 0 Å². The number of rotatable bonds is 6. The van der Waals surface area contributed by atoms with Crippen LogP contribution in [0.15, 0.2) is 11.6 Å². The highest BCUT2D eigenvalue weighted by molar-refractivity contribution is 5.07. The third kappa shape index (κ3) is 4.24. The van der Waals surface area contributed by atoms with E-state index in [-0.39, 0.29) is 0 Å². The predicted octanol–water partition coefficient (Wildman–Crippen LogP) is 1.64. The van der Waals surface area contributed by atoms with Crippen LogP contribution in [0.4, 0.5) is 0 Å². The summed E-state index contributed by atoms with van der Waals surface area (Å²) in [5, 5.41) is 0. The van der Waals surface area contributed by atoms with Crippen molar-refractivity contribution < 1.29 is 4.74 Å². The van der Waals surface area contributed by atoms with E-state index < -0.39 is 0 Å². The second kappa shape index (κ2) is 7.05. The van der Waals surface area contributed by atoms with Gasteiger partial charge in [-0.15, -0.1) is 0 Å². The van der Waals surface area contributed by atoms with Gasteiger partial charge in [0, 0.05) is 32.8 Å². The number of nitrogens with zero attached hydrogens (tertiary/aromatic N) is 1. The Morgan fingerprint density at radius 1 is 1.56 bits per heavy atom. The Morgan fingerprint density at radius 3 is 2.81 bits per heavy atom. The normalized spacial score (nSPS) is 21.6. The Hall–Kier alpha value is -0.380. The van der Waals surface area contributed by atoms with Gasteiger partial charge in [-0.1, -0.05) is 26.3 Å². The highest BCUT2D eigenvalue weighted by Crippen LogP contribution is 2.13. The third-order valence-corrected chi connectivity index (χ3v) is 3.56. The largest absolute Gasteiger partial charge is 0.380 e. The summed E-state index contributed by atoms with van der Waals surface area (Å²) in [6.45, 7) is 8.40. The van der Waals surface area contributed by atoms with Gasteiger partial charge in [0.15, 0.2) is 0 Å². The molecular weight excluding hydrogens is 200 g/mol. The molecule has 0 aromatic heterocycles. The molecule has 16 heavy (non-hydrogen) atoms. The Morgan fingerprint density at radius 2 is 2.31 bits per heavy atom. The SMILES string of the molecule is CCC(C)C(N)CN1CC=C(COC)CC1. The molecule has 1 aliphatic rings. The lowest BCUT2D eigenvalue weighted by atomic mass is 9.99. The molecule has 2 N–H and O–H groups in total. The third-order valence-electron chi connectivity index (χ3n) is 3.56. The van der Waals surface area contributed by atoms with Crippen LogP contribution in [0.2, 0.25) is 0 Å². The molecule has 2 unspecified atom stereocenters. The van der Waals surface area contributed by atoms with Crippen molar-refractivity contribution in [2.45, 2.75) is 32.7 Å². The van der Waals surface area contributed by atoms with E-state index in [0.29, 0.717) is 12.0 Å². The molecule has 2 atom stereocenters. The molecular formula is C13H26N2O. The lowest BCUT2D eigenvalue weighted by molar-refractivity contribution is 0.205. The predicted molar refractivity (Wildman–Crippen MR) is 68.4 cm³/mol. The van der Waals surface area contributed by atoms with Crippen molar-refractivity contribution in [3.05, 3.63) is 11.6 Å². The van der Waals surface area contributed by atoms with Gasteiger partial charge in [-0.25, -0.2) is 0 Å². The van der Waals surface area contributed by atoms with Crippen molar-refractivity contribution in [2.24, 2.45) is 11.7 Å².